The van der Waals surface area contributed by atoms with Gasteiger partial charge < -0.3 is 35.9 Å². The number of imide groups is 2. The van der Waals surface area contributed by atoms with E-state index in [9.17, 15) is 46.7 Å². The number of rotatable bonds is 18. The third-order valence-electron chi connectivity index (χ3n) is 12.7. The van der Waals surface area contributed by atoms with Gasteiger partial charge >= 0.3 is 6.36 Å². The number of carbonyl (C=O) groups excluding carboxylic acids is 7. The summed E-state index contributed by atoms with van der Waals surface area (Å²) in [5, 5.41) is 11.7. The second kappa shape index (κ2) is 20.4. The van der Waals surface area contributed by atoms with Crippen molar-refractivity contribution in [1.29, 1.82) is 0 Å². The number of ether oxygens (including phenoxy) is 1. The van der Waals surface area contributed by atoms with Gasteiger partial charge in [-0.15, -0.1) is 13.2 Å². The van der Waals surface area contributed by atoms with Gasteiger partial charge in [0.2, 0.25) is 29.5 Å². The first kappa shape index (κ1) is 48.6. The fourth-order valence-corrected chi connectivity index (χ4v) is 9.31. The number of amides is 7. The molecule has 3 atom stereocenters. The zero-order valence-corrected chi connectivity index (χ0v) is 38.4. The van der Waals surface area contributed by atoms with Gasteiger partial charge in [0.1, 0.15) is 29.6 Å². The Morgan fingerprint density at radius 3 is 2.53 bits per heavy atom. The Hall–Kier alpha value is -7.84. The van der Waals surface area contributed by atoms with Gasteiger partial charge in [-0.2, -0.15) is 0 Å². The standard InChI is InChI=1S/C49H51F3N10O8/c1-27(14-17-54-39(64)24-56-35-9-4-8-33-41(35)48(69)62(47(33)68)37-12-13-38(63)59-46(37)67)20-28(2)45(66)55-16-5-18-60-25-34(42-43(53)57-26-58-44(42)60)30-10-11-36-31(23-30)15-19-61(36)40(65)22-29-6-3-7-32(21-29)70-49(50,51)52/h3-4,6-11,21,23,25-28,37,56H,5,12-20,22,24H2,1-2H3,(H,54,64)(H,55,66)(H2,53,57,58)(H,59,63,67). The van der Waals surface area contributed by atoms with Crippen molar-refractivity contribution in [1.82, 2.24) is 35.4 Å². The molecule has 0 bridgehead atoms. The summed E-state index contributed by atoms with van der Waals surface area (Å²) in [6.45, 7) is 5.35. The van der Waals surface area contributed by atoms with Gasteiger partial charge in [0.15, 0.2) is 0 Å². The number of nitrogens with zero attached hydrogens (tertiary/aromatic N) is 5. The van der Waals surface area contributed by atoms with Crippen molar-refractivity contribution in [3.8, 4) is 16.9 Å². The van der Waals surface area contributed by atoms with Crippen molar-refractivity contribution in [2.45, 2.75) is 77.7 Å². The second-order valence-electron chi connectivity index (χ2n) is 17.8. The van der Waals surface area contributed by atoms with Gasteiger partial charge in [0, 0.05) is 61.7 Å². The molecule has 0 saturated carbocycles. The molecule has 0 radical (unpaired) electrons. The van der Waals surface area contributed by atoms with Crippen molar-refractivity contribution >= 4 is 69.6 Å². The predicted octanol–water partition coefficient (Wildman–Crippen LogP) is 4.90. The van der Waals surface area contributed by atoms with Gasteiger partial charge in [-0.1, -0.05) is 38.1 Å². The molecule has 21 heteroatoms. The van der Waals surface area contributed by atoms with E-state index in [1.54, 1.807) is 23.1 Å². The van der Waals surface area contributed by atoms with E-state index in [0.717, 1.165) is 27.3 Å². The number of aryl methyl sites for hydroxylation is 1. The molecule has 3 aliphatic heterocycles. The molecule has 5 aromatic rings. The minimum absolute atomic E-state index is 0.00190. The van der Waals surface area contributed by atoms with E-state index >= 15 is 0 Å². The van der Waals surface area contributed by atoms with Crippen molar-refractivity contribution in [3.05, 3.63) is 95.4 Å². The van der Waals surface area contributed by atoms with Crippen LogP contribution in [-0.4, -0.2) is 99.4 Å². The van der Waals surface area contributed by atoms with Crippen LogP contribution in [0, 0.1) is 11.8 Å². The van der Waals surface area contributed by atoms with E-state index in [4.69, 9.17) is 5.73 Å². The number of hydrogen-bond acceptors (Lipinski definition) is 12. The van der Waals surface area contributed by atoms with E-state index in [2.05, 4.69) is 36.0 Å². The monoisotopic (exact) mass is 964 g/mol. The van der Waals surface area contributed by atoms with Crippen LogP contribution < -0.4 is 36.6 Å². The average molecular weight is 965 g/mol. The van der Waals surface area contributed by atoms with E-state index in [1.807, 2.05) is 42.8 Å². The average Bonchev–Trinajstić information content (AvgIpc) is 3.99. The lowest BCUT2D eigenvalue weighted by Crippen LogP contribution is -2.54. The Bertz CT molecular complexity index is 2900. The molecule has 70 heavy (non-hydrogen) atoms. The summed E-state index contributed by atoms with van der Waals surface area (Å²) < 4.78 is 44.3. The highest BCUT2D eigenvalue weighted by molar-refractivity contribution is 6.25. The van der Waals surface area contributed by atoms with Crippen molar-refractivity contribution in [2.24, 2.45) is 11.8 Å². The predicted molar refractivity (Wildman–Crippen MR) is 250 cm³/mol. The van der Waals surface area contributed by atoms with Crippen LogP contribution in [0.15, 0.2) is 73.2 Å². The highest BCUT2D eigenvalue weighted by Crippen LogP contribution is 2.38. The molecule has 0 aliphatic carbocycles. The van der Waals surface area contributed by atoms with Gasteiger partial charge in [-0.25, -0.2) is 9.97 Å². The minimum Gasteiger partial charge on any atom is -0.406 e. The smallest absolute Gasteiger partial charge is 0.406 e. The molecule has 8 rings (SSSR count). The SMILES string of the molecule is CC(CCNC(=O)CNc1cccc2c1C(=O)N(C1CCC(=O)NC1=O)C2=O)CC(C)C(=O)NCCCn1cc(-c2ccc3c(c2)CCN3C(=O)Cc2cccc(OC(F)(F)F)c2)c2c(N)ncnc21. The van der Waals surface area contributed by atoms with Crippen molar-refractivity contribution in [2.75, 3.05) is 42.1 Å². The molecule has 5 heterocycles. The molecule has 6 N–H and O–H groups in total. The molecular formula is C49H51F3N10O8. The summed E-state index contributed by atoms with van der Waals surface area (Å²) in [5.74, 6) is -3.48. The van der Waals surface area contributed by atoms with Crippen molar-refractivity contribution < 1.29 is 51.5 Å². The zero-order valence-electron chi connectivity index (χ0n) is 38.4. The van der Waals surface area contributed by atoms with Crippen LogP contribution in [-0.2, 0) is 43.4 Å². The molecule has 3 aliphatic rings. The molecule has 3 unspecified atom stereocenters. The van der Waals surface area contributed by atoms with Crippen molar-refractivity contribution in [3.63, 3.8) is 0 Å². The number of piperidine rings is 1. The molecule has 1 saturated heterocycles. The molecule has 7 amide bonds. The Kier molecular flexibility index (Phi) is 14.2. The highest BCUT2D eigenvalue weighted by atomic mass is 19.4. The third-order valence-corrected chi connectivity index (χ3v) is 12.7. The molecular weight excluding hydrogens is 914 g/mol. The van der Waals surface area contributed by atoms with E-state index in [-0.39, 0.29) is 77.9 Å². The maximum absolute atomic E-state index is 13.4. The molecule has 366 valence electrons. The number of nitrogen functional groups attached to an aromatic ring is 1. The normalized spacial score (nSPS) is 16.4. The Balaban J connectivity index is 0.782. The van der Waals surface area contributed by atoms with Gasteiger partial charge in [0.25, 0.3) is 11.8 Å². The lowest BCUT2D eigenvalue weighted by molar-refractivity contribution is -0.274. The highest BCUT2D eigenvalue weighted by Gasteiger charge is 2.45. The molecule has 18 nitrogen and oxygen atoms in total. The summed E-state index contributed by atoms with van der Waals surface area (Å²) in [4.78, 5) is 101. The summed E-state index contributed by atoms with van der Waals surface area (Å²) in [6, 6.07) is 14.6. The number of hydrogen-bond donors (Lipinski definition) is 5. The maximum Gasteiger partial charge on any atom is 0.573 e. The van der Waals surface area contributed by atoms with E-state index in [1.165, 1.54) is 30.6 Å². The lowest BCUT2D eigenvalue weighted by atomic mass is 9.94. The maximum atomic E-state index is 13.4. The largest absolute Gasteiger partial charge is 0.573 e. The van der Waals surface area contributed by atoms with E-state index in [0.29, 0.717) is 74.3 Å². The Labute approximate surface area is 399 Å². The van der Waals surface area contributed by atoms with Crippen LogP contribution in [0.4, 0.5) is 30.4 Å². The number of nitrogens with two attached hydrogens (primary N) is 1. The number of alkyl halides is 3. The first-order chi connectivity index (χ1) is 33.4. The number of aromatic nitrogens is 3. The van der Waals surface area contributed by atoms with Crippen LogP contribution in [0.5, 0.6) is 5.75 Å². The number of nitrogens with one attached hydrogen (secondary N) is 4. The Morgan fingerprint density at radius 1 is 0.943 bits per heavy atom. The van der Waals surface area contributed by atoms with Crippen LogP contribution in [0.2, 0.25) is 0 Å². The fraction of sp³-hybridized carbons (Fsp3) is 0.367. The Morgan fingerprint density at radius 2 is 1.74 bits per heavy atom. The fourth-order valence-electron chi connectivity index (χ4n) is 9.31. The van der Waals surface area contributed by atoms with Gasteiger partial charge in [-0.3, -0.25) is 43.8 Å². The molecule has 2 aromatic heterocycles. The van der Waals surface area contributed by atoms with Crippen LogP contribution in [0.3, 0.4) is 0 Å². The minimum atomic E-state index is -4.84. The van der Waals surface area contributed by atoms with E-state index < -0.39 is 36.0 Å². The third kappa shape index (κ3) is 10.7. The number of anilines is 3. The van der Waals surface area contributed by atoms with Crippen LogP contribution >= 0.6 is 0 Å². The molecule has 0 spiro atoms. The number of halogens is 3. The van der Waals surface area contributed by atoms with Gasteiger partial charge in [0.05, 0.1) is 29.5 Å². The lowest BCUT2D eigenvalue weighted by Gasteiger charge is -2.27. The summed E-state index contributed by atoms with van der Waals surface area (Å²) >= 11 is 0. The summed E-state index contributed by atoms with van der Waals surface area (Å²) in [6.07, 6.45) is 0.778. The van der Waals surface area contributed by atoms with Crippen LogP contribution in [0.1, 0.15) is 77.8 Å². The summed E-state index contributed by atoms with van der Waals surface area (Å²) in [5.41, 5.74) is 11.1. The topological polar surface area (TPSA) is 240 Å². The number of benzene rings is 3. The second-order valence-corrected chi connectivity index (χ2v) is 17.8. The number of fused-ring (bicyclic) bond motifs is 3. The number of carbonyl (C=O) groups is 7. The first-order valence-electron chi connectivity index (χ1n) is 23.0. The van der Waals surface area contributed by atoms with Crippen LogP contribution in [0.25, 0.3) is 22.2 Å². The zero-order chi connectivity index (χ0) is 49.9. The quantitative estimate of drug-likeness (QED) is 0.0583. The first-order valence-corrected chi connectivity index (χ1v) is 23.0. The summed E-state index contributed by atoms with van der Waals surface area (Å²) in [7, 11) is 0. The molecule has 3 aromatic carbocycles. The molecule has 1 fully saturated rings. The van der Waals surface area contributed by atoms with Gasteiger partial charge in [-0.05, 0) is 91.1 Å².